The second-order valence-electron chi connectivity index (χ2n) is 5.09. The molecule has 0 amide bonds. The van der Waals surface area contributed by atoms with Crippen LogP contribution in [0.4, 0.5) is 0 Å². The van der Waals surface area contributed by atoms with Crippen LogP contribution in [0.25, 0.3) is 32.6 Å². The molecule has 0 spiro atoms. The van der Waals surface area contributed by atoms with E-state index >= 15 is 0 Å². The highest BCUT2D eigenvalue weighted by Crippen LogP contribution is 2.34. The van der Waals surface area contributed by atoms with E-state index in [1.165, 1.54) is 10.9 Å². The highest BCUT2D eigenvalue weighted by molar-refractivity contribution is 6.20. The van der Waals surface area contributed by atoms with Gasteiger partial charge in [-0.3, -0.25) is 4.98 Å². The Morgan fingerprint density at radius 2 is 2.00 bits per heavy atom. The molecule has 0 saturated heterocycles. The van der Waals surface area contributed by atoms with Gasteiger partial charge in [-0.2, -0.15) is 0 Å². The van der Waals surface area contributed by atoms with Crippen molar-refractivity contribution < 1.29 is 5.11 Å². The van der Waals surface area contributed by atoms with Gasteiger partial charge in [-0.15, -0.1) is 0 Å². The van der Waals surface area contributed by atoms with Crippen LogP contribution >= 0.6 is 0 Å². The fourth-order valence-corrected chi connectivity index (χ4v) is 2.96. The van der Waals surface area contributed by atoms with Crippen molar-refractivity contribution in [3.05, 3.63) is 48.3 Å². The van der Waals surface area contributed by atoms with Crippen LogP contribution in [0.1, 0.15) is 12.5 Å². The predicted octanol–water partition coefficient (Wildman–Crippen LogP) is 4.14. The van der Waals surface area contributed by atoms with Crippen molar-refractivity contribution in [2.45, 2.75) is 13.3 Å². The van der Waals surface area contributed by atoms with Gasteiger partial charge in [0.25, 0.3) is 0 Å². The van der Waals surface area contributed by atoms with Crippen LogP contribution in [-0.2, 0) is 6.42 Å². The van der Waals surface area contributed by atoms with E-state index in [1.54, 1.807) is 12.1 Å². The zero-order valence-electron chi connectivity index (χ0n) is 11.1. The summed E-state index contributed by atoms with van der Waals surface area (Å²) in [6.45, 7) is 2.14. The van der Waals surface area contributed by atoms with Crippen molar-refractivity contribution in [3.63, 3.8) is 0 Å². The Bertz CT molecular complexity index is 953. The molecule has 0 radical (unpaired) electrons. The van der Waals surface area contributed by atoms with Crippen LogP contribution in [-0.4, -0.2) is 15.1 Å². The van der Waals surface area contributed by atoms with Crippen LogP contribution in [0, 0.1) is 0 Å². The minimum absolute atomic E-state index is 0.295. The van der Waals surface area contributed by atoms with Crippen molar-refractivity contribution in [1.82, 2.24) is 9.97 Å². The Balaban J connectivity index is 2.26. The number of hydrogen-bond donors (Lipinski definition) is 2. The van der Waals surface area contributed by atoms with Gasteiger partial charge in [0.05, 0.1) is 5.52 Å². The number of aromatic amines is 1. The van der Waals surface area contributed by atoms with Crippen LogP contribution < -0.4 is 0 Å². The Kier molecular flexibility index (Phi) is 2.24. The van der Waals surface area contributed by atoms with Gasteiger partial charge in [0, 0.05) is 28.7 Å². The van der Waals surface area contributed by atoms with E-state index in [0.717, 1.165) is 33.6 Å². The summed E-state index contributed by atoms with van der Waals surface area (Å²) in [4.78, 5) is 7.86. The van der Waals surface area contributed by atoms with E-state index in [9.17, 15) is 5.11 Å². The third-order valence-electron chi connectivity index (χ3n) is 3.94. The number of pyridine rings is 1. The normalized spacial score (nSPS) is 11.7. The summed E-state index contributed by atoms with van der Waals surface area (Å²) in [6, 6.07) is 9.60. The van der Waals surface area contributed by atoms with Gasteiger partial charge in [-0.05, 0) is 41.0 Å². The first-order chi connectivity index (χ1) is 9.78. The molecule has 0 aliphatic rings. The number of phenolic OH excluding ortho intramolecular Hbond substituents is 1. The molecule has 2 heterocycles. The number of nitrogens with one attached hydrogen (secondary N) is 1. The van der Waals surface area contributed by atoms with E-state index in [-0.39, 0.29) is 0 Å². The summed E-state index contributed by atoms with van der Waals surface area (Å²) in [6.07, 6.45) is 4.79. The molecule has 3 nitrogen and oxygen atoms in total. The summed E-state index contributed by atoms with van der Waals surface area (Å²) >= 11 is 0. The number of aryl methyl sites for hydroxylation is 1. The summed E-state index contributed by atoms with van der Waals surface area (Å²) < 4.78 is 0. The molecule has 20 heavy (non-hydrogen) atoms. The Morgan fingerprint density at radius 1 is 1.10 bits per heavy atom. The average Bonchev–Trinajstić information content (AvgIpc) is 2.85. The maximum atomic E-state index is 9.63. The number of fused-ring (bicyclic) bond motifs is 5. The fraction of sp³-hybridized carbons (Fsp3) is 0.118. The molecule has 0 bridgehead atoms. The quantitative estimate of drug-likeness (QED) is 0.541. The molecule has 0 fully saturated rings. The first kappa shape index (κ1) is 11.3. The lowest BCUT2D eigenvalue weighted by Crippen LogP contribution is -1.84. The molecule has 2 aromatic heterocycles. The van der Waals surface area contributed by atoms with Crippen LogP contribution in [0.15, 0.2) is 42.7 Å². The molecule has 4 rings (SSSR count). The number of hydrogen-bond acceptors (Lipinski definition) is 2. The number of nitrogens with zero attached hydrogens (tertiary/aromatic N) is 1. The summed E-state index contributed by atoms with van der Waals surface area (Å²) in [5, 5.41) is 14.1. The number of H-pyrrole nitrogens is 1. The van der Waals surface area contributed by atoms with Gasteiger partial charge < -0.3 is 10.1 Å². The van der Waals surface area contributed by atoms with Crippen molar-refractivity contribution in [2.75, 3.05) is 0 Å². The second-order valence-corrected chi connectivity index (χ2v) is 5.09. The van der Waals surface area contributed by atoms with Crippen LogP contribution in [0.5, 0.6) is 5.75 Å². The summed E-state index contributed by atoms with van der Waals surface area (Å²) in [5.74, 6) is 0.295. The number of aromatic hydroxyl groups is 1. The lowest BCUT2D eigenvalue weighted by Gasteiger charge is -2.01. The molecule has 0 unspecified atom stereocenters. The minimum Gasteiger partial charge on any atom is -0.508 e. The molecular weight excluding hydrogens is 248 g/mol. The topological polar surface area (TPSA) is 48.9 Å². The van der Waals surface area contributed by atoms with Crippen LogP contribution in [0.3, 0.4) is 0 Å². The molecule has 3 heteroatoms. The van der Waals surface area contributed by atoms with Gasteiger partial charge in [-0.25, -0.2) is 0 Å². The third kappa shape index (κ3) is 1.43. The van der Waals surface area contributed by atoms with E-state index in [2.05, 4.69) is 23.0 Å². The number of rotatable bonds is 1. The van der Waals surface area contributed by atoms with Gasteiger partial charge in [0.2, 0.25) is 0 Å². The lowest BCUT2D eigenvalue weighted by molar-refractivity contribution is 0.476. The zero-order chi connectivity index (χ0) is 13.7. The second kappa shape index (κ2) is 3.97. The molecule has 0 aliphatic carbocycles. The third-order valence-corrected chi connectivity index (χ3v) is 3.94. The van der Waals surface area contributed by atoms with E-state index in [4.69, 9.17) is 0 Å². The maximum absolute atomic E-state index is 9.63. The van der Waals surface area contributed by atoms with Gasteiger partial charge >= 0.3 is 0 Å². The van der Waals surface area contributed by atoms with E-state index in [0.29, 0.717) is 5.75 Å². The fourth-order valence-electron chi connectivity index (χ4n) is 2.96. The smallest absolute Gasteiger partial charge is 0.116 e. The molecule has 2 N–H and O–H groups in total. The summed E-state index contributed by atoms with van der Waals surface area (Å²) in [5.41, 5.74) is 3.50. The van der Waals surface area contributed by atoms with Crippen LogP contribution in [0.2, 0.25) is 0 Å². The zero-order valence-corrected chi connectivity index (χ0v) is 11.1. The standard InChI is InChI=1S/C17H14N2O/c1-2-10-8-18-9-14-16-13-5-4-12(20)7-11(13)3-6-15(16)19-17(10)14/h3-9,19-20H,2H2,1H3. The average molecular weight is 262 g/mol. The van der Waals surface area contributed by atoms with E-state index < -0.39 is 0 Å². The van der Waals surface area contributed by atoms with Crippen molar-refractivity contribution in [2.24, 2.45) is 0 Å². The molecule has 2 aromatic carbocycles. The minimum atomic E-state index is 0.295. The molecule has 4 aromatic rings. The molecule has 98 valence electrons. The number of aromatic nitrogens is 2. The van der Waals surface area contributed by atoms with Crippen molar-refractivity contribution in [1.29, 1.82) is 0 Å². The maximum Gasteiger partial charge on any atom is 0.116 e. The molecule has 0 aliphatic heterocycles. The summed E-state index contributed by atoms with van der Waals surface area (Å²) in [7, 11) is 0. The lowest BCUT2D eigenvalue weighted by atomic mass is 10.0. The SMILES string of the molecule is CCc1cncc2c1[nH]c1ccc3cc(O)ccc3c12. The Hall–Kier alpha value is -2.55. The number of benzene rings is 2. The molecule has 0 atom stereocenters. The largest absolute Gasteiger partial charge is 0.508 e. The highest BCUT2D eigenvalue weighted by atomic mass is 16.3. The predicted molar refractivity (Wildman–Crippen MR) is 82.1 cm³/mol. The highest BCUT2D eigenvalue weighted by Gasteiger charge is 2.10. The number of phenols is 1. The van der Waals surface area contributed by atoms with E-state index in [1.807, 2.05) is 24.5 Å². The van der Waals surface area contributed by atoms with Gasteiger partial charge in [0.1, 0.15) is 5.75 Å². The molecule has 0 saturated carbocycles. The van der Waals surface area contributed by atoms with Gasteiger partial charge in [0.15, 0.2) is 0 Å². The monoisotopic (exact) mass is 262 g/mol. The van der Waals surface area contributed by atoms with Crippen molar-refractivity contribution in [3.8, 4) is 5.75 Å². The van der Waals surface area contributed by atoms with Crippen molar-refractivity contribution >= 4 is 32.6 Å². The Morgan fingerprint density at radius 3 is 2.85 bits per heavy atom. The Labute approximate surface area is 115 Å². The molecular formula is C17H14N2O. The van der Waals surface area contributed by atoms with Gasteiger partial charge in [-0.1, -0.05) is 19.1 Å². The first-order valence-electron chi connectivity index (χ1n) is 6.78. The first-order valence-corrected chi connectivity index (χ1v) is 6.78.